The Morgan fingerprint density at radius 1 is 1.24 bits per heavy atom. The van der Waals surface area contributed by atoms with Gasteiger partial charge in [-0.25, -0.2) is 0 Å². The van der Waals surface area contributed by atoms with E-state index in [1.807, 2.05) is 0 Å². The summed E-state index contributed by atoms with van der Waals surface area (Å²) in [6.45, 7) is 7.27. The molecule has 3 nitrogen and oxygen atoms in total. The molecule has 0 atom stereocenters. The van der Waals surface area contributed by atoms with Crippen molar-refractivity contribution in [3.8, 4) is 6.07 Å². The van der Waals surface area contributed by atoms with Crippen LogP contribution in [-0.4, -0.2) is 37.7 Å². The molecule has 1 aliphatic rings. The van der Waals surface area contributed by atoms with Crippen molar-refractivity contribution in [1.82, 2.24) is 4.90 Å². The van der Waals surface area contributed by atoms with Crippen molar-refractivity contribution in [2.45, 2.75) is 45.4 Å². The minimum absolute atomic E-state index is 0.661. The Labute approximate surface area is 106 Å². The molecule has 0 N–H and O–H groups in total. The molecule has 1 rings (SSSR count). The van der Waals surface area contributed by atoms with E-state index in [1.54, 1.807) is 0 Å². The highest BCUT2D eigenvalue weighted by Gasteiger charge is 2.13. The zero-order valence-electron chi connectivity index (χ0n) is 11.2. The van der Waals surface area contributed by atoms with Crippen LogP contribution in [0.15, 0.2) is 0 Å². The van der Waals surface area contributed by atoms with E-state index in [4.69, 9.17) is 10.00 Å². The third-order valence-electron chi connectivity index (χ3n) is 3.66. The van der Waals surface area contributed by atoms with Crippen molar-refractivity contribution < 1.29 is 4.74 Å². The van der Waals surface area contributed by atoms with Gasteiger partial charge in [0.25, 0.3) is 0 Å². The van der Waals surface area contributed by atoms with E-state index in [-0.39, 0.29) is 0 Å². The molecule has 0 bridgehead atoms. The Bertz CT molecular complexity index is 219. The van der Waals surface area contributed by atoms with Crippen LogP contribution in [0.5, 0.6) is 0 Å². The molecule has 0 aromatic carbocycles. The van der Waals surface area contributed by atoms with E-state index in [0.29, 0.717) is 6.42 Å². The van der Waals surface area contributed by atoms with Crippen LogP contribution < -0.4 is 0 Å². The quantitative estimate of drug-likeness (QED) is 0.610. The van der Waals surface area contributed by atoms with Gasteiger partial charge in [-0.1, -0.05) is 19.8 Å². The molecule has 0 aliphatic carbocycles. The maximum atomic E-state index is 8.56. The molecule has 1 fully saturated rings. The zero-order valence-corrected chi connectivity index (χ0v) is 11.2. The van der Waals surface area contributed by atoms with E-state index in [2.05, 4.69) is 17.9 Å². The lowest BCUT2D eigenvalue weighted by Gasteiger charge is -2.23. The molecule has 1 saturated heterocycles. The van der Waals surface area contributed by atoms with Gasteiger partial charge in [0, 0.05) is 26.2 Å². The molecule has 0 spiro atoms. The van der Waals surface area contributed by atoms with Crippen LogP contribution in [0.2, 0.25) is 0 Å². The predicted molar refractivity (Wildman–Crippen MR) is 69.7 cm³/mol. The van der Waals surface area contributed by atoms with Crippen LogP contribution in [0.25, 0.3) is 0 Å². The number of rotatable bonds is 8. The number of ether oxygens (including phenoxy) is 1. The number of nitriles is 1. The second kappa shape index (κ2) is 9.44. The molecule has 98 valence electrons. The molecule has 0 amide bonds. The Kier molecular flexibility index (Phi) is 8.04. The first-order chi connectivity index (χ1) is 8.36. The Hall–Kier alpha value is -0.590. The van der Waals surface area contributed by atoms with Crippen LogP contribution in [-0.2, 0) is 4.74 Å². The largest absolute Gasteiger partial charge is 0.381 e. The molecule has 0 unspecified atom stereocenters. The molecule has 0 aromatic heterocycles. The first kappa shape index (κ1) is 14.5. The van der Waals surface area contributed by atoms with Gasteiger partial charge in [0.2, 0.25) is 0 Å². The third-order valence-corrected chi connectivity index (χ3v) is 3.66. The summed E-state index contributed by atoms with van der Waals surface area (Å²) >= 11 is 0. The molecule has 0 radical (unpaired) electrons. The molecular weight excluding hydrogens is 212 g/mol. The second-order valence-electron chi connectivity index (χ2n) is 4.89. The normalized spacial score (nSPS) is 17.2. The molecule has 1 heterocycles. The monoisotopic (exact) mass is 238 g/mol. The molecule has 0 aromatic rings. The summed E-state index contributed by atoms with van der Waals surface area (Å²) in [6.07, 6.45) is 7.13. The van der Waals surface area contributed by atoms with Gasteiger partial charge < -0.3 is 9.64 Å². The maximum Gasteiger partial charge on any atom is 0.0635 e. The summed E-state index contributed by atoms with van der Waals surface area (Å²) in [6, 6.07) is 2.22. The Balaban J connectivity index is 1.99. The predicted octanol–water partition coefficient (Wildman–Crippen LogP) is 2.82. The average Bonchev–Trinajstić information content (AvgIpc) is 2.39. The Morgan fingerprint density at radius 3 is 2.65 bits per heavy atom. The lowest BCUT2D eigenvalue weighted by molar-refractivity contribution is 0.0629. The second-order valence-corrected chi connectivity index (χ2v) is 4.89. The maximum absolute atomic E-state index is 8.56. The summed E-state index contributed by atoms with van der Waals surface area (Å²) in [7, 11) is 0. The van der Waals surface area contributed by atoms with E-state index in [0.717, 1.165) is 38.8 Å². The summed E-state index contributed by atoms with van der Waals surface area (Å²) in [5, 5.41) is 8.56. The van der Waals surface area contributed by atoms with Gasteiger partial charge in [0.1, 0.15) is 0 Å². The van der Waals surface area contributed by atoms with Crippen molar-refractivity contribution in [1.29, 1.82) is 5.26 Å². The fraction of sp³-hybridized carbons (Fsp3) is 0.929. The van der Waals surface area contributed by atoms with Crippen molar-refractivity contribution in [2.24, 2.45) is 5.92 Å². The van der Waals surface area contributed by atoms with Crippen LogP contribution in [0, 0.1) is 17.2 Å². The lowest BCUT2D eigenvalue weighted by Crippen LogP contribution is -2.25. The average molecular weight is 238 g/mol. The fourth-order valence-corrected chi connectivity index (χ4v) is 2.44. The molecule has 0 saturated carbocycles. The van der Waals surface area contributed by atoms with Gasteiger partial charge in [-0.05, 0) is 38.3 Å². The number of hydrogen-bond acceptors (Lipinski definition) is 3. The van der Waals surface area contributed by atoms with Crippen molar-refractivity contribution in [2.75, 3.05) is 32.8 Å². The fourth-order valence-electron chi connectivity index (χ4n) is 2.44. The lowest BCUT2D eigenvalue weighted by atomic mass is 9.94. The summed E-state index contributed by atoms with van der Waals surface area (Å²) in [5.41, 5.74) is 0. The van der Waals surface area contributed by atoms with E-state index >= 15 is 0 Å². The van der Waals surface area contributed by atoms with Crippen LogP contribution >= 0.6 is 0 Å². The van der Waals surface area contributed by atoms with Gasteiger partial charge in [-0.2, -0.15) is 5.26 Å². The summed E-state index contributed by atoms with van der Waals surface area (Å²) < 4.78 is 5.37. The van der Waals surface area contributed by atoms with Gasteiger partial charge >= 0.3 is 0 Å². The van der Waals surface area contributed by atoms with E-state index < -0.39 is 0 Å². The van der Waals surface area contributed by atoms with Crippen molar-refractivity contribution in [3.05, 3.63) is 0 Å². The first-order valence-electron chi connectivity index (χ1n) is 7.04. The first-order valence-corrected chi connectivity index (χ1v) is 7.04. The highest BCUT2D eigenvalue weighted by Crippen LogP contribution is 2.20. The molecule has 1 aliphatic heterocycles. The van der Waals surface area contributed by atoms with Gasteiger partial charge in [0.05, 0.1) is 6.07 Å². The SMILES string of the molecule is CCN(CCC#N)CCCCC1CCOCC1. The third kappa shape index (κ3) is 6.65. The minimum Gasteiger partial charge on any atom is -0.381 e. The summed E-state index contributed by atoms with van der Waals surface area (Å²) in [4.78, 5) is 2.38. The van der Waals surface area contributed by atoms with Crippen LogP contribution in [0.1, 0.15) is 45.4 Å². The van der Waals surface area contributed by atoms with E-state index in [9.17, 15) is 0 Å². The van der Waals surface area contributed by atoms with Crippen LogP contribution in [0.4, 0.5) is 0 Å². The topological polar surface area (TPSA) is 36.3 Å². The standard InChI is InChI=1S/C14H26N2O/c1-2-16(11-5-9-15)10-4-3-6-14-7-12-17-13-8-14/h14H,2-8,10-13H2,1H3. The minimum atomic E-state index is 0.661. The van der Waals surface area contributed by atoms with Gasteiger partial charge in [0.15, 0.2) is 0 Å². The molecular formula is C14H26N2O. The number of unbranched alkanes of at least 4 members (excludes halogenated alkanes) is 1. The molecule has 3 heteroatoms. The van der Waals surface area contributed by atoms with Gasteiger partial charge in [-0.3, -0.25) is 0 Å². The molecule has 17 heavy (non-hydrogen) atoms. The van der Waals surface area contributed by atoms with Crippen molar-refractivity contribution in [3.63, 3.8) is 0 Å². The smallest absolute Gasteiger partial charge is 0.0635 e. The highest BCUT2D eigenvalue weighted by atomic mass is 16.5. The highest BCUT2D eigenvalue weighted by molar-refractivity contribution is 4.72. The Morgan fingerprint density at radius 2 is 2.00 bits per heavy atom. The van der Waals surface area contributed by atoms with Crippen LogP contribution in [0.3, 0.4) is 0 Å². The van der Waals surface area contributed by atoms with Gasteiger partial charge in [-0.15, -0.1) is 0 Å². The summed E-state index contributed by atoms with van der Waals surface area (Å²) in [5.74, 6) is 0.901. The number of hydrogen-bond donors (Lipinski definition) is 0. The number of nitrogens with zero attached hydrogens (tertiary/aromatic N) is 2. The zero-order chi connectivity index (χ0) is 12.3. The van der Waals surface area contributed by atoms with Crippen molar-refractivity contribution >= 4 is 0 Å². The van der Waals surface area contributed by atoms with E-state index in [1.165, 1.54) is 32.1 Å².